The number of aromatic nitrogens is 2. The molecule has 0 bridgehead atoms. The van der Waals surface area contributed by atoms with Crippen LogP contribution in [-0.4, -0.2) is 15.3 Å². The molecule has 0 spiro atoms. The molecule has 3 rings (SSSR count). The molecule has 0 N–H and O–H groups in total. The highest BCUT2D eigenvalue weighted by Crippen LogP contribution is 2.26. The molecular formula is C18H15Cl2FN2S. The maximum absolute atomic E-state index is 13.3. The molecule has 1 aromatic heterocycles. The van der Waals surface area contributed by atoms with Crippen LogP contribution in [0.2, 0.25) is 10.0 Å². The molecule has 0 radical (unpaired) electrons. The van der Waals surface area contributed by atoms with E-state index in [0.29, 0.717) is 10.0 Å². The summed E-state index contributed by atoms with van der Waals surface area (Å²) in [5.41, 5.74) is 1.13. The minimum atomic E-state index is -0.248. The largest absolute Gasteiger partial charge is 0.316 e. The zero-order valence-corrected chi connectivity index (χ0v) is 15.0. The van der Waals surface area contributed by atoms with Gasteiger partial charge in [0.2, 0.25) is 0 Å². The van der Waals surface area contributed by atoms with Crippen molar-refractivity contribution in [3.63, 3.8) is 0 Å². The average molecular weight is 381 g/mol. The zero-order valence-electron chi connectivity index (χ0n) is 12.7. The van der Waals surface area contributed by atoms with Gasteiger partial charge in [0.05, 0.1) is 16.1 Å². The topological polar surface area (TPSA) is 17.8 Å². The lowest BCUT2D eigenvalue weighted by Gasteiger charge is -2.13. The monoisotopic (exact) mass is 380 g/mol. The number of hydrogen-bond acceptors (Lipinski definition) is 2. The van der Waals surface area contributed by atoms with E-state index < -0.39 is 0 Å². The molecule has 0 saturated heterocycles. The molecule has 1 heterocycles. The van der Waals surface area contributed by atoms with Gasteiger partial charge in [0.25, 0.3) is 0 Å². The summed E-state index contributed by atoms with van der Waals surface area (Å²) in [4.78, 5) is 4.40. The quantitative estimate of drug-likeness (QED) is 0.587. The third-order valence-electron chi connectivity index (χ3n) is 3.58. The van der Waals surface area contributed by atoms with Gasteiger partial charge in [0, 0.05) is 18.1 Å². The van der Waals surface area contributed by atoms with Crippen molar-refractivity contribution in [2.75, 3.05) is 5.75 Å². The molecule has 0 saturated carbocycles. The van der Waals surface area contributed by atoms with Crippen LogP contribution in [-0.2, 0) is 6.42 Å². The van der Waals surface area contributed by atoms with Crippen LogP contribution in [0.3, 0.4) is 0 Å². The van der Waals surface area contributed by atoms with Crippen LogP contribution in [0.15, 0.2) is 72.0 Å². The second kappa shape index (κ2) is 8.06. The van der Waals surface area contributed by atoms with Gasteiger partial charge in [-0.15, -0.1) is 0 Å². The second-order valence-corrected chi connectivity index (χ2v) is 7.13. The van der Waals surface area contributed by atoms with Gasteiger partial charge in [-0.05, 0) is 36.3 Å². The normalized spacial score (nSPS) is 17.0. The number of rotatable bonds is 5. The van der Waals surface area contributed by atoms with E-state index in [1.165, 1.54) is 12.2 Å². The van der Waals surface area contributed by atoms with Crippen LogP contribution in [0.4, 0.5) is 4.39 Å². The number of hydrogen-bond donors (Lipinski definition) is 0. The molecule has 1 aliphatic carbocycles. The zero-order chi connectivity index (χ0) is 16.9. The predicted molar refractivity (Wildman–Crippen MR) is 99.6 cm³/mol. The Morgan fingerprint density at radius 2 is 2.08 bits per heavy atom. The molecule has 0 aliphatic heterocycles. The Bertz CT molecular complexity index is 811. The SMILES string of the molecule is FC1=CC=CC(n2ccnc2SCCc2ccc(Cl)c(Cl)c2)C=C1. The lowest BCUT2D eigenvalue weighted by molar-refractivity contribution is 0.641. The fourth-order valence-corrected chi connectivity index (χ4v) is 3.66. The Morgan fingerprint density at radius 1 is 1.21 bits per heavy atom. The first-order valence-corrected chi connectivity index (χ1v) is 9.19. The van der Waals surface area contributed by atoms with Gasteiger partial charge in [0.1, 0.15) is 5.83 Å². The van der Waals surface area contributed by atoms with Crippen molar-refractivity contribution < 1.29 is 4.39 Å². The average Bonchev–Trinajstić information content (AvgIpc) is 2.92. The Labute approximate surface area is 154 Å². The van der Waals surface area contributed by atoms with Crippen LogP contribution < -0.4 is 0 Å². The smallest absolute Gasteiger partial charge is 0.168 e. The molecule has 1 unspecified atom stereocenters. The first kappa shape index (κ1) is 17.3. The Kier molecular flexibility index (Phi) is 5.82. The molecule has 1 aliphatic rings. The summed E-state index contributed by atoms with van der Waals surface area (Å²) in [5, 5.41) is 2.04. The summed E-state index contributed by atoms with van der Waals surface area (Å²) < 4.78 is 15.3. The number of thioether (sulfide) groups is 1. The lowest BCUT2D eigenvalue weighted by Crippen LogP contribution is -2.04. The van der Waals surface area contributed by atoms with E-state index in [1.807, 2.05) is 41.1 Å². The van der Waals surface area contributed by atoms with Crippen LogP contribution in [0.5, 0.6) is 0 Å². The molecule has 2 aromatic rings. The van der Waals surface area contributed by atoms with Gasteiger partial charge < -0.3 is 4.57 Å². The summed E-state index contributed by atoms with van der Waals surface area (Å²) in [5.74, 6) is 0.615. The van der Waals surface area contributed by atoms with Crippen LogP contribution in [0, 0.1) is 0 Å². The third kappa shape index (κ3) is 4.32. The molecule has 0 amide bonds. The Balaban J connectivity index is 1.64. The van der Waals surface area contributed by atoms with Crippen molar-refractivity contribution in [1.82, 2.24) is 9.55 Å². The van der Waals surface area contributed by atoms with Crippen LogP contribution in [0.1, 0.15) is 11.6 Å². The van der Waals surface area contributed by atoms with Crippen molar-refractivity contribution >= 4 is 35.0 Å². The molecular weight excluding hydrogens is 366 g/mol. The number of nitrogens with zero attached hydrogens (tertiary/aromatic N) is 2. The van der Waals surface area contributed by atoms with Crippen molar-refractivity contribution in [1.29, 1.82) is 0 Å². The Hall–Kier alpha value is -1.49. The van der Waals surface area contributed by atoms with Gasteiger partial charge in [-0.1, -0.05) is 59.3 Å². The number of benzene rings is 1. The van der Waals surface area contributed by atoms with Crippen molar-refractivity contribution in [3.05, 3.63) is 82.4 Å². The summed E-state index contributed by atoms with van der Waals surface area (Å²) in [6, 6.07) is 5.65. The minimum absolute atomic E-state index is 0.0375. The number of aryl methyl sites for hydroxylation is 1. The first-order chi connectivity index (χ1) is 11.6. The summed E-state index contributed by atoms with van der Waals surface area (Å²) in [7, 11) is 0. The highest BCUT2D eigenvalue weighted by atomic mass is 35.5. The molecule has 2 nitrogen and oxygen atoms in total. The van der Waals surface area contributed by atoms with Gasteiger partial charge in [-0.2, -0.15) is 0 Å². The highest BCUT2D eigenvalue weighted by Gasteiger charge is 2.11. The number of imidazole rings is 1. The first-order valence-electron chi connectivity index (χ1n) is 7.45. The summed E-state index contributed by atoms with van der Waals surface area (Å²) in [6.07, 6.45) is 12.9. The standard InChI is InChI=1S/C18H15Cl2FN2S/c19-16-7-4-13(12-17(16)20)8-11-24-18-22-9-10-23(18)15-3-1-2-14(21)5-6-15/h1-7,9-10,12,15H,8,11H2. The Morgan fingerprint density at radius 3 is 2.92 bits per heavy atom. The molecule has 1 atom stereocenters. The van der Waals surface area contributed by atoms with E-state index in [2.05, 4.69) is 4.98 Å². The summed E-state index contributed by atoms with van der Waals surface area (Å²) in [6.45, 7) is 0. The van der Waals surface area contributed by atoms with Gasteiger partial charge >= 0.3 is 0 Å². The van der Waals surface area contributed by atoms with Gasteiger partial charge in [-0.25, -0.2) is 9.37 Å². The highest BCUT2D eigenvalue weighted by molar-refractivity contribution is 7.99. The predicted octanol–water partition coefficient (Wildman–Crippen LogP) is 6.05. The molecule has 124 valence electrons. The van der Waals surface area contributed by atoms with Gasteiger partial charge in [0.15, 0.2) is 5.16 Å². The molecule has 24 heavy (non-hydrogen) atoms. The van der Waals surface area contributed by atoms with E-state index in [9.17, 15) is 4.39 Å². The van der Waals surface area contributed by atoms with Crippen LogP contribution in [0.25, 0.3) is 0 Å². The molecule has 6 heteroatoms. The molecule has 1 aromatic carbocycles. The van der Waals surface area contributed by atoms with E-state index in [4.69, 9.17) is 23.2 Å². The minimum Gasteiger partial charge on any atom is -0.316 e. The maximum atomic E-state index is 13.3. The number of allylic oxidation sites excluding steroid dienone is 6. The van der Waals surface area contributed by atoms with E-state index >= 15 is 0 Å². The lowest BCUT2D eigenvalue weighted by atomic mass is 10.2. The van der Waals surface area contributed by atoms with Crippen molar-refractivity contribution in [2.24, 2.45) is 0 Å². The van der Waals surface area contributed by atoms with E-state index in [-0.39, 0.29) is 11.9 Å². The maximum Gasteiger partial charge on any atom is 0.168 e. The summed E-state index contributed by atoms with van der Waals surface area (Å²) >= 11 is 13.6. The second-order valence-electron chi connectivity index (χ2n) is 5.25. The van der Waals surface area contributed by atoms with Crippen molar-refractivity contribution in [2.45, 2.75) is 17.6 Å². The third-order valence-corrected chi connectivity index (χ3v) is 5.30. The number of halogens is 3. The fraction of sp³-hybridized carbons (Fsp3) is 0.167. The van der Waals surface area contributed by atoms with Crippen molar-refractivity contribution in [3.8, 4) is 0 Å². The van der Waals surface area contributed by atoms with E-state index in [0.717, 1.165) is 22.9 Å². The van der Waals surface area contributed by atoms with Crippen LogP contribution >= 0.6 is 35.0 Å². The molecule has 0 fully saturated rings. The van der Waals surface area contributed by atoms with Gasteiger partial charge in [-0.3, -0.25) is 0 Å². The van der Waals surface area contributed by atoms with E-state index in [1.54, 1.807) is 24.0 Å². The fourth-order valence-electron chi connectivity index (χ4n) is 2.35.